The molecule has 1 aromatic heterocycles. The summed E-state index contributed by atoms with van der Waals surface area (Å²) in [5, 5.41) is 9.09. The molecule has 3 nitrogen and oxygen atoms in total. The van der Waals surface area contributed by atoms with E-state index in [9.17, 15) is 4.79 Å². The molecule has 2 saturated carbocycles. The topological polar surface area (TPSA) is 53.1 Å². The number of hydrogen-bond acceptors (Lipinski definition) is 1. The predicted molar refractivity (Wildman–Crippen MR) is 56.2 cm³/mol. The van der Waals surface area contributed by atoms with Crippen molar-refractivity contribution in [3.63, 3.8) is 0 Å². The maximum atomic E-state index is 11.0. The second-order valence-corrected chi connectivity index (χ2v) is 4.85. The van der Waals surface area contributed by atoms with Gasteiger partial charge in [0, 0.05) is 11.4 Å². The number of rotatable bonds is 4. The van der Waals surface area contributed by atoms with Gasteiger partial charge in [-0.05, 0) is 50.0 Å². The summed E-state index contributed by atoms with van der Waals surface area (Å²) in [5.74, 6) is 0.511. The number of hydrogen-bond donors (Lipinski definition) is 2. The van der Waals surface area contributed by atoms with Crippen molar-refractivity contribution in [1.82, 2.24) is 4.98 Å². The molecule has 0 saturated heterocycles. The minimum absolute atomic E-state index is 0.490. The molecule has 0 radical (unpaired) electrons. The zero-order valence-electron chi connectivity index (χ0n) is 8.62. The Kier molecular flexibility index (Phi) is 1.87. The number of carboxylic acids is 1. The van der Waals surface area contributed by atoms with Gasteiger partial charge < -0.3 is 10.1 Å². The third-order valence-corrected chi connectivity index (χ3v) is 3.33. The molecule has 0 aromatic carbocycles. The Morgan fingerprint density at radius 2 is 2.13 bits per heavy atom. The first-order valence-electron chi connectivity index (χ1n) is 5.69. The van der Waals surface area contributed by atoms with E-state index in [4.69, 9.17) is 5.11 Å². The molecule has 1 aromatic rings. The molecule has 0 aliphatic heterocycles. The van der Waals surface area contributed by atoms with E-state index < -0.39 is 5.97 Å². The maximum Gasteiger partial charge on any atom is 0.337 e. The Labute approximate surface area is 88.5 Å². The highest BCUT2D eigenvalue weighted by Gasteiger charge is 2.31. The van der Waals surface area contributed by atoms with Crippen molar-refractivity contribution in [1.29, 1.82) is 0 Å². The number of carboxylic acid groups (broad SMARTS) is 1. The van der Waals surface area contributed by atoms with E-state index in [2.05, 4.69) is 4.98 Å². The fourth-order valence-corrected chi connectivity index (χ4v) is 2.14. The van der Waals surface area contributed by atoms with Crippen molar-refractivity contribution in [2.75, 3.05) is 0 Å². The van der Waals surface area contributed by atoms with Gasteiger partial charge in [-0.1, -0.05) is 0 Å². The van der Waals surface area contributed by atoms with Crippen LogP contribution in [0.4, 0.5) is 0 Å². The zero-order chi connectivity index (χ0) is 10.4. The summed E-state index contributed by atoms with van der Waals surface area (Å²) in [6.45, 7) is 0. The molecule has 2 aliphatic rings. The fraction of sp³-hybridized carbons (Fsp3) is 0.583. The van der Waals surface area contributed by atoms with Crippen LogP contribution in [0.25, 0.3) is 0 Å². The van der Waals surface area contributed by atoms with Gasteiger partial charge in [-0.15, -0.1) is 0 Å². The summed E-state index contributed by atoms with van der Waals surface area (Å²) in [5.41, 5.74) is 2.60. The summed E-state index contributed by atoms with van der Waals surface area (Å²) in [6, 6.07) is 1.84. The standard InChI is InChI=1S/C12H15NO2/c14-12(15)10-6-9(5-7-1-2-7)13-11(10)8-3-4-8/h6-8,13H,1-5H2,(H,14,15). The van der Waals surface area contributed by atoms with Crippen LogP contribution < -0.4 is 0 Å². The van der Waals surface area contributed by atoms with Crippen LogP contribution in [0.5, 0.6) is 0 Å². The predicted octanol–water partition coefficient (Wildman–Crippen LogP) is 2.54. The average Bonchev–Trinajstić information content (AvgIpc) is 3.05. The lowest BCUT2D eigenvalue weighted by atomic mass is 10.1. The van der Waals surface area contributed by atoms with Gasteiger partial charge in [-0.2, -0.15) is 0 Å². The van der Waals surface area contributed by atoms with Gasteiger partial charge in [-0.3, -0.25) is 0 Å². The molecule has 0 unspecified atom stereocenters. The van der Waals surface area contributed by atoms with Gasteiger partial charge in [-0.25, -0.2) is 4.79 Å². The van der Waals surface area contributed by atoms with Crippen LogP contribution >= 0.6 is 0 Å². The van der Waals surface area contributed by atoms with Crippen LogP contribution in [0, 0.1) is 5.92 Å². The molecule has 0 atom stereocenters. The van der Waals surface area contributed by atoms with Gasteiger partial charge in [0.05, 0.1) is 5.56 Å². The van der Waals surface area contributed by atoms with Crippen molar-refractivity contribution in [2.45, 2.75) is 38.0 Å². The van der Waals surface area contributed by atoms with E-state index >= 15 is 0 Å². The van der Waals surface area contributed by atoms with E-state index in [1.165, 1.54) is 12.8 Å². The molecule has 15 heavy (non-hydrogen) atoms. The smallest absolute Gasteiger partial charge is 0.337 e. The Bertz CT molecular complexity index is 400. The van der Waals surface area contributed by atoms with Gasteiger partial charge in [0.1, 0.15) is 0 Å². The number of nitrogens with one attached hydrogen (secondary N) is 1. The van der Waals surface area contributed by atoms with E-state index in [1.807, 2.05) is 6.07 Å². The second kappa shape index (κ2) is 3.12. The van der Waals surface area contributed by atoms with E-state index in [0.29, 0.717) is 11.5 Å². The summed E-state index contributed by atoms with van der Waals surface area (Å²) in [4.78, 5) is 14.4. The first-order valence-corrected chi connectivity index (χ1v) is 5.69. The van der Waals surface area contributed by atoms with Crippen molar-refractivity contribution >= 4 is 5.97 Å². The minimum Gasteiger partial charge on any atom is -0.478 e. The lowest BCUT2D eigenvalue weighted by Crippen LogP contribution is -1.98. The van der Waals surface area contributed by atoms with Crippen LogP contribution in [-0.4, -0.2) is 16.1 Å². The Morgan fingerprint density at radius 3 is 2.67 bits per heavy atom. The molecule has 2 N–H and O–H groups in total. The van der Waals surface area contributed by atoms with Crippen molar-refractivity contribution < 1.29 is 9.90 Å². The van der Waals surface area contributed by atoms with Crippen molar-refractivity contribution in [3.8, 4) is 0 Å². The second-order valence-electron chi connectivity index (χ2n) is 4.85. The Balaban J connectivity index is 1.88. The maximum absolute atomic E-state index is 11.0. The highest BCUT2D eigenvalue weighted by Crippen LogP contribution is 2.42. The number of H-pyrrole nitrogens is 1. The third kappa shape index (κ3) is 1.78. The molecule has 1 heterocycles. The molecule has 2 fully saturated rings. The Hall–Kier alpha value is -1.25. The molecule has 0 bridgehead atoms. The normalized spacial score (nSPS) is 20.5. The van der Waals surface area contributed by atoms with Crippen molar-refractivity contribution in [3.05, 3.63) is 23.0 Å². The fourth-order valence-electron chi connectivity index (χ4n) is 2.14. The Morgan fingerprint density at radius 1 is 1.40 bits per heavy atom. The highest BCUT2D eigenvalue weighted by atomic mass is 16.4. The van der Waals surface area contributed by atoms with Crippen LogP contribution in [0.3, 0.4) is 0 Å². The summed E-state index contributed by atoms with van der Waals surface area (Å²) < 4.78 is 0. The SMILES string of the molecule is O=C(O)c1cc(CC2CC2)[nH]c1C1CC1. The quantitative estimate of drug-likeness (QED) is 0.793. The lowest BCUT2D eigenvalue weighted by Gasteiger charge is -1.95. The van der Waals surface area contributed by atoms with Gasteiger partial charge in [0.2, 0.25) is 0 Å². The van der Waals surface area contributed by atoms with Crippen molar-refractivity contribution in [2.24, 2.45) is 5.92 Å². The van der Waals surface area contributed by atoms with E-state index in [-0.39, 0.29) is 0 Å². The average molecular weight is 205 g/mol. The van der Waals surface area contributed by atoms with Crippen LogP contribution in [0.15, 0.2) is 6.07 Å². The van der Waals surface area contributed by atoms with E-state index in [0.717, 1.165) is 36.6 Å². The zero-order valence-corrected chi connectivity index (χ0v) is 8.62. The molecular formula is C12H15NO2. The number of aromatic nitrogens is 1. The molecule has 3 heteroatoms. The summed E-state index contributed by atoms with van der Waals surface area (Å²) in [7, 11) is 0. The number of aromatic amines is 1. The minimum atomic E-state index is -0.782. The third-order valence-electron chi connectivity index (χ3n) is 3.33. The number of aromatic carboxylic acids is 1. The molecule has 0 spiro atoms. The van der Waals surface area contributed by atoms with Gasteiger partial charge >= 0.3 is 5.97 Å². The lowest BCUT2D eigenvalue weighted by molar-refractivity contribution is 0.0696. The van der Waals surface area contributed by atoms with Gasteiger partial charge in [0.15, 0.2) is 0 Å². The van der Waals surface area contributed by atoms with Crippen LogP contribution in [-0.2, 0) is 6.42 Å². The molecular weight excluding hydrogens is 190 g/mol. The van der Waals surface area contributed by atoms with Crippen LogP contribution in [0.1, 0.15) is 53.3 Å². The monoisotopic (exact) mass is 205 g/mol. The first-order chi connectivity index (χ1) is 7.24. The first kappa shape index (κ1) is 9.01. The molecule has 3 rings (SSSR count). The summed E-state index contributed by atoms with van der Waals surface area (Å²) >= 11 is 0. The molecule has 0 amide bonds. The van der Waals surface area contributed by atoms with Crippen LogP contribution in [0.2, 0.25) is 0 Å². The number of carbonyl (C=O) groups is 1. The molecule has 80 valence electrons. The molecule has 2 aliphatic carbocycles. The summed E-state index contributed by atoms with van der Waals surface area (Å²) in [6.07, 6.45) is 5.93. The largest absolute Gasteiger partial charge is 0.478 e. The van der Waals surface area contributed by atoms with Gasteiger partial charge in [0.25, 0.3) is 0 Å². The van der Waals surface area contributed by atoms with E-state index in [1.54, 1.807) is 0 Å². The highest BCUT2D eigenvalue weighted by molar-refractivity contribution is 5.89.